The average molecular weight is 195 g/mol. The molecule has 2 rings (SSSR count). The molecule has 0 bridgehead atoms. The maximum absolute atomic E-state index is 13.0. The molecule has 1 aliphatic carbocycles. The first kappa shape index (κ1) is 9.37. The zero-order chi connectivity index (χ0) is 9.97. The van der Waals surface area contributed by atoms with E-state index in [4.69, 9.17) is 0 Å². The lowest BCUT2D eigenvalue weighted by Crippen LogP contribution is -2.07. The van der Waals surface area contributed by atoms with Gasteiger partial charge in [-0.05, 0) is 25.7 Å². The van der Waals surface area contributed by atoms with Gasteiger partial charge in [0.15, 0.2) is 0 Å². The van der Waals surface area contributed by atoms with E-state index in [9.17, 15) is 4.39 Å². The first-order valence-corrected chi connectivity index (χ1v) is 5.04. The van der Waals surface area contributed by atoms with E-state index in [1.807, 2.05) is 0 Å². The van der Waals surface area contributed by atoms with Gasteiger partial charge < -0.3 is 5.32 Å². The van der Waals surface area contributed by atoms with Crippen LogP contribution in [0.5, 0.6) is 0 Å². The standard InChI is InChI=1S/C10H14FN3/c1-12-9-7-5-3-2-4-6-8(7)13-10(11)14-9/h2-6H2,1H3,(H,12,13,14). The summed E-state index contributed by atoms with van der Waals surface area (Å²) >= 11 is 0. The second kappa shape index (κ2) is 3.90. The lowest BCUT2D eigenvalue weighted by molar-refractivity contribution is 0.531. The number of fused-ring (bicyclic) bond motifs is 1. The molecule has 0 atom stereocenters. The quantitative estimate of drug-likeness (QED) is 0.549. The number of hydrogen-bond donors (Lipinski definition) is 1. The van der Waals surface area contributed by atoms with Crippen LogP contribution in [0.15, 0.2) is 0 Å². The Bertz CT molecular complexity index is 338. The van der Waals surface area contributed by atoms with Gasteiger partial charge in [-0.25, -0.2) is 4.98 Å². The lowest BCUT2D eigenvalue weighted by atomic mass is 10.1. The monoisotopic (exact) mass is 195 g/mol. The molecule has 1 heterocycles. The molecule has 4 heteroatoms. The molecule has 0 fully saturated rings. The molecule has 1 N–H and O–H groups in total. The Balaban J connectivity index is 2.46. The molecule has 0 radical (unpaired) electrons. The van der Waals surface area contributed by atoms with Crippen LogP contribution in [0.2, 0.25) is 0 Å². The van der Waals surface area contributed by atoms with Crippen molar-refractivity contribution in [3.8, 4) is 0 Å². The second-order valence-corrected chi connectivity index (χ2v) is 3.58. The summed E-state index contributed by atoms with van der Waals surface area (Å²) in [5.74, 6) is 0.661. The third-order valence-electron chi connectivity index (χ3n) is 2.64. The minimum absolute atomic E-state index is 0.616. The number of aromatic nitrogens is 2. The molecule has 0 saturated carbocycles. The first-order chi connectivity index (χ1) is 6.81. The van der Waals surface area contributed by atoms with Crippen LogP contribution in [0.3, 0.4) is 0 Å². The smallest absolute Gasteiger partial charge is 0.310 e. The van der Waals surface area contributed by atoms with Gasteiger partial charge in [0.2, 0.25) is 0 Å². The van der Waals surface area contributed by atoms with Crippen molar-refractivity contribution < 1.29 is 4.39 Å². The van der Waals surface area contributed by atoms with E-state index in [1.54, 1.807) is 7.05 Å². The normalized spacial score (nSPS) is 15.9. The number of hydrogen-bond acceptors (Lipinski definition) is 3. The summed E-state index contributed by atoms with van der Waals surface area (Å²) in [5.41, 5.74) is 1.99. The van der Waals surface area contributed by atoms with Crippen LogP contribution in [0.4, 0.5) is 10.2 Å². The van der Waals surface area contributed by atoms with Crippen molar-refractivity contribution in [3.63, 3.8) is 0 Å². The predicted octanol–water partition coefficient (Wildman–Crippen LogP) is 1.93. The van der Waals surface area contributed by atoms with Gasteiger partial charge >= 0.3 is 6.08 Å². The molecule has 0 saturated heterocycles. The highest BCUT2D eigenvalue weighted by Gasteiger charge is 2.15. The van der Waals surface area contributed by atoms with Crippen LogP contribution in [-0.4, -0.2) is 17.0 Å². The van der Waals surface area contributed by atoms with Crippen LogP contribution in [-0.2, 0) is 12.8 Å². The number of anilines is 1. The van der Waals surface area contributed by atoms with Crippen molar-refractivity contribution >= 4 is 5.82 Å². The summed E-state index contributed by atoms with van der Waals surface area (Å²) < 4.78 is 13.0. The first-order valence-electron chi connectivity index (χ1n) is 5.04. The number of nitrogens with one attached hydrogen (secondary N) is 1. The highest BCUT2D eigenvalue weighted by Crippen LogP contribution is 2.23. The molecule has 76 valence electrons. The Morgan fingerprint density at radius 3 is 2.71 bits per heavy atom. The Labute approximate surface area is 82.8 Å². The predicted molar refractivity (Wildman–Crippen MR) is 52.8 cm³/mol. The van der Waals surface area contributed by atoms with E-state index < -0.39 is 6.08 Å². The van der Waals surface area contributed by atoms with E-state index in [0.29, 0.717) is 5.82 Å². The molecule has 0 amide bonds. The molecular formula is C10H14FN3. The van der Waals surface area contributed by atoms with Crippen molar-refractivity contribution in [2.75, 3.05) is 12.4 Å². The van der Waals surface area contributed by atoms with Crippen molar-refractivity contribution in [1.82, 2.24) is 9.97 Å². The van der Waals surface area contributed by atoms with Crippen LogP contribution in [0, 0.1) is 6.08 Å². The number of halogens is 1. The van der Waals surface area contributed by atoms with Gasteiger partial charge in [0.25, 0.3) is 0 Å². The Morgan fingerprint density at radius 2 is 1.93 bits per heavy atom. The fourth-order valence-electron chi connectivity index (χ4n) is 1.95. The largest absolute Gasteiger partial charge is 0.373 e. The molecule has 3 nitrogen and oxygen atoms in total. The molecule has 0 aliphatic heterocycles. The van der Waals surface area contributed by atoms with E-state index in [-0.39, 0.29) is 0 Å². The van der Waals surface area contributed by atoms with Gasteiger partial charge in [-0.3, -0.25) is 0 Å². The van der Waals surface area contributed by atoms with Crippen molar-refractivity contribution in [2.24, 2.45) is 0 Å². The molecule has 1 aliphatic rings. The Morgan fingerprint density at radius 1 is 1.14 bits per heavy atom. The summed E-state index contributed by atoms with van der Waals surface area (Å²) in [7, 11) is 1.77. The third-order valence-corrected chi connectivity index (χ3v) is 2.64. The van der Waals surface area contributed by atoms with E-state index >= 15 is 0 Å². The molecule has 14 heavy (non-hydrogen) atoms. The van der Waals surface area contributed by atoms with Crippen LogP contribution >= 0.6 is 0 Å². The molecule has 0 unspecified atom stereocenters. The van der Waals surface area contributed by atoms with E-state index in [2.05, 4.69) is 15.3 Å². The number of aryl methyl sites for hydroxylation is 1. The Kier molecular flexibility index (Phi) is 2.61. The minimum atomic E-state index is -0.616. The molecule has 0 aromatic carbocycles. The van der Waals surface area contributed by atoms with Gasteiger partial charge in [-0.15, -0.1) is 0 Å². The van der Waals surface area contributed by atoms with Crippen molar-refractivity contribution in [2.45, 2.75) is 32.1 Å². The Hall–Kier alpha value is -1.19. The number of nitrogens with zero attached hydrogens (tertiary/aromatic N) is 2. The molecule has 1 aromatic heterocycles. The van der Waals surface area contributed by atoms with Gasteiger partial charge in [0.1, 0.15) is 5.82 Å². The van der Waals surface area contributed by atoms with Gasteiger partial charge in [-0.1, -0.05) is 6.42 Å². The lowest BCUT2D eigenvalue weighted by Gasteiger charge is -2.09. The molecular weight excluding hydrogens is 181 g/mol. The molecule has 0 spiro atoms. The zero-order valence-electron chi connectivity index (χ0n) is 8.31. The van der Waals surface area contributed by atoms with Gasteiger partial charge in [-0.2, -0.15) is 9.37 Å². The number of rotatable bonds is 1. The summed E-state index contributed by atoms with van der Waals surface area (Å²) in [6.07, 6.45) is 4.68. The maximum atomic E-state index is 13.0. The highest BCUT2D eigenvalue weighted by molar-refractivity contribution is 5.46. The average Bonchev–Trinajstić information content (AvgIpc) is 2.41. The zero-order valence-corrected chi connectivity index (χ0v) is 8.31. The fraction of sp³-hybridized carbons (Fsp3) is 0.600. The summed E-state index contributed by atoms with van der Waals surface area (Å²) in [4.78, 5) is 7.62. The van der Waals surface area contributed by atoms with E-state index in [0.717, 1.165) is 36.9 Å². The van der Waals surface area contributed by atoms with Crippen LogP contribution < -0.4 is 5.32 Å². The SMILES string of the molecule is CNc1nc(F)nc2c1CCCCC2. The van der Waals surface area contributed by atoms with Gasteiger partial charge in [0.05, 0.1) is 5.69 Å². The van der Waals surface area contributed by atoms with Crippen molar-refractivity contribution in [1.29, 1.82) is 0 Å². The molecule has 1 aromatic rings. The van der Waals surface area contributed by atoms with Crippen LogP contribution in [0.25, 0.3) is 0 Å². The topological polar surface area (TPSA) is 37.8 Å². The maximum Gasteiger partial charge on any atom is 0.310 e. The van der Waals surface area contributed by atoms with Gasteiger partial charge in [0, 0.05) is 12.6 Å². The third kappa shape index (κ3) is 1.69. The summed E-state index contributed by atoms with van der Waals surface area (Å²) in [5, 5.41) is 2.93. The van der Waals surface area contributed by atoms with E-state index in [1.165, 1.54) is 6.42 Å². The summed E-state index contributed by atoms with van der Waals surface area (Å²) in [6, 6.07) is 0. The summed E-state index contributed by atoms with van der Waals surface area (Å²) in [6.45, 7) is 0. The van der Waals surface area contributed by atoms with Crippen LogP contribution in [0.1, 0.15) is 30.5 Å². The minimum Gasteiger partial charge on any atom is -0.373 e. The highest BCUT2D eigenvalue weighted by atomic mass is 19.1. The fourth-order valence-corrected chi connectivity index (χ4v) is 1.95. The second-order valence-electron chi connectivity index (χ2n) is 3.58. The van der Waals surface area contributed by atoms with Crippen molar-refractivity contribution in [3.05, 3.63) is 17.3 Å².